The zero-order valence-corrected chi connectivity index (χ0v) is 16.8. The summed E-state index contributed by atoms with van der Waals surface area (Å²) in [5.41, 5.74) is 11.4. The molecule has 7 nitrogen and oxygen atoms in total. The second-order valence-corrected chi connectivity index (χ2v) is 7.19. The number of esters is 1. The molecule has 0 bridgehead atoms. The van der Waals surface area contributed by atoms with Crippen molar-refractivity contribution in [3.8, 4) is 0 Å². The molecule has 1 aromatic carbocycles. The van der Waals surface area contributed by atoms with Gasteiger partial charge in [0.25, 0.3) is 0 Å². The van der Waals surface area contributed by atoms with E-state index in [1.54, 1.807) is 13.0 Å². The summed E-state index contributed by atoms with van der Waals surface area (Å²) in [7, 11) is 0. The third-order valence-corrected chi connectivity index (χ3v) is 5.39. The smallest absolute Gasteiger partial charge is 0.431 e. The Kier molecular flexibility index (Phi) is 6.01. The second kappa shape index (κ2) is 8.37. The molecule has 0 spiro atoms. The van der Waals surface area contributed by atoms with E-state index in [9.17, 15) is 18.0 Å². The molecule has 31 heavy (non-hydrogen) atoms. The second-order valence-electron chi connectivity index (χ2n) is 7.19. The van der Waals surface area contributed by atoms with Gasteiger partial charge >= 0.3 is 12.1 Å². The van der Waals surface area contributed by atoms with Gasteiger partial charge in [-0.25, -0.2) is 4.98 Å². The highest BCUT2D eigenvalue weighted by molar-refractivity contribution is 6.12. The molecule has 3 rings (SSSR count). The van der Waals surface area contributed by atoms with Crippen molar-refractivity contribution in [2.45, 2.75) is 32.4 Å². The number of fused-ring (bicyclic) bond motifs is 3. The van der Waals surface area contributed by atoms with E-state index in [1.807, 2.05) is 0 Å². The fourth-order valence-electron chi connectivity index (χ4n) is 3.94. The van der Waals surface area contributed by atoms with Crippen LogP contribution >= 0.6 is 0 Å². The van der Waals surface area contributed by atoms with E-state index in [1.165, 1.54) is 6.07 Å². The Labute approximate surface area is 176 Å². The summed E-state index contributed by atoms with van der Waals surface area (Å²) in [4.78, 5) is 16.7. The molecule has 1 heterocycles. The first-order valence-corrected chi connectivity index (χ1v) is 9.62. The SMILES string of the molecule is CCOC(=O)C1CCc2c(c(C(C=N)=C(N)C(F)(F)F)nc3ccc(N)c(C=N)c23)C1. The lowest BCUT2D eigenvalue weighted by atomic mass is 9.79. The molecule has 1 unspecified atom stereocenters. The molecule has 1 aliphatic rings. The Bertz CT molecular complexity index is 1110. The zero-order chi connectivity index (χ0) is 22.9. The van der Waals surface area contributed by atoms with Crippen LogP contribution in [0.2, 0.25) is 0 Å². The maximum atomic E-state index is 13.4. The molecule has 6 N–H and O–H groups in total. The molecule has 0 radical (unpaired) electrons. The number of anilines is 1. The lowest BCUT2D eigenvalue weighted by Crippen LogP contribution is -2.27. The van der Waals surface area contributed by atoms with Gasteiger partial charge < -0.3 is 27.0 Å². The van der Waals surface area contributed by atoms with E-state index < -0.39 is 29.3 Å². The molecule has 0 aliphatic heterocycles. The van der Waals surface area contributed by atoms with Crippen LogP contribution < -0.4 is 11.5 Å². The van der Waals surface area contributed by atoms with Gasteiger partial charge in [-0.05, 0) is 49.4 Å². The minimum absolute atomic E-state index is 0.0845. The minimum atomic E-state index is -4.85. The first-order valence-electron chi connectivity index (χ1n) is 9.62. The van der Waals surface area contributed by atoms with Crippen molar-refractivity contribution in [2.75, 3.05) is 12.3 Å². The van der Waals surface area contributed by atoms with E-state index in [4.69, 9.17) is 27.0 Å². The fourth-order valence-corrected chi connectivity index (χ4v) is 3.94. The Morgan fingerprint density at radius 2 is 2.03 bits per heavy atom. The Morgan fingerprint density at radius 1 is 1.32 bits per heavy atom. The van der Waals surface area contributed by atoms with E-state index in [2.05, 4.69) is 4.98 Å². The van der Waals surface area contributed by atoms with Gasteiger partial charge in [-0.2, -0.15) is 13.2 Å². The van der Waals surface area contributed by atoms with Gasteiger partial charge in [-0.15, -0.1) is 0 Å². The molecular weight excluding hydrogens is 411 g/mol. The fraction of sp³-hybridized carbons (Fsp3) is 0.333. The molecule has 0 saturated carbocycles. The molecule has 2 aromatic rings. The number of benzene rings is 1. The summed E-state index contributed by atoms with van der Waals surface area (Å²) in [6.45, 7) is 1.86. The van der Waals surface area contributed by atoms with Crippen molar-refractivity contribution < 1.29 is 22.7 Å². The van der Waals surface area contributed by atoms with Crippen molar-refractivity contribution >= 4 is 40.6 Å². The number of nitrogen functional groups attached to an aromatic ring is 1. The van der Waals surface area contributed by atoms with Crippen LogP contribution in [0.1, 0.15) is 35.7 Å². The maximum Gasteiger partial charge on any atom is 0.431 e. The lowest BCUT2D eigenvalue weighted by Gasteiger charge is -2.27. The molecular formula is C21H22F3N5O2. The average molecular weight is 433 g/mol. The van der Waals surface area contributed by atoms with Crippen LogP contribution in [0.15, 0.2) is 17.8 Å². The van der Waals surface area contributed by atoms with Crippen LogP contribution in [0.25, 0.3) is 16.5 Å². The van der Waals surface area contributed by atoms with E-state index in [0.29, 0.717) is 52.3 Å². The third-order valence-electron chi connectivity index (χ3n) is 5.39. The topological polar surface area (TPSA) is 139 Å². The highest BCUT2D eigenvalue weighted by Crippen LogP contribution is 2.39. The summed E-state index contributed by atoms with van der Waals surface area (Å²) in [5.74, 6) is -1.00. The molecule has 0 saturated heterocycles. The normalized spacial score (nSPS) is 17.0. The predicted molar refractivity (Wildman–Crippen MR) is 112 cm³/mol. The van der Waals surface area contributed by atoms with Gasteiger partial charge in [0.2, 0.25) is 0 Å². The van der Waals surface area contributed by atoms with E-state index in [-0.39, 0.29) is 18.7 Å². The number of ether oxygens (including phenoxy) is 1. The summed E-state index contributed by atoms with van der Waals surface area (Å²) in [6, 6.07) is 3.08. The van der Waals surface area contributed by atoms with Gasteiger partial charge in [0, 0.05) is 34.6 Å². The average Bonchev–Trinajstić information content (AvgIpc) is 2.73. The first-order chi connectivity index (χ1) is 14.6. The van der Waals surface area contributed by atoms with E-state index >= 15 is 0 Å². The van der Waals surface area contributed by atoms with Gasteiger partial charge in [-0.1, -0.05) is 0 Å². The number of nitrogens with two attached hydrogens (primary N) is 2. The largest absolute Gasteiger partial charge is 0.466 e. The molecule has 1 atom stereocenters. The minimum Gasteiger partial charge on any atom is -0.466 e. The van der Waals surface area contributed by atoms with Gasteiger partial charge in [-0.3, -0.25) is 4.79 Å². The Morgan fingerprint density at radius 3 is 2.61 bits per heavy atom. The van der Waals surface area contributed by atoms with Crippen molar-refractivity contribution in [1.29, 1.82) is 10.8 Å². The van der Waals surface area contributed by atoms with Crippen molar-refractivity contribution in [3.63, 3.8) is 0 Å². The van der Waals surface area contributed by atoms with Crippen LogP contribution in [-0.2, 0) is 22.4 Å². The quantitative estimate of drug-likeness (QED) is 0.325. The first kappa shape index (κ1) is 22.3. The Hall–Kier alpha value is -3.43. The maximum absolute atomic E-state index is 13.4. The zero-order valence-electron chi connectivity index (χ0n) is 16.8. The summed E-state index contributed by atoms with van der Waals surface area (Å²) in [6.07, 6.45) is -2.39. The van der Waals surface area contributed by atoms with Crippen LogP contribution in [-0.4, -0.2) is 36.2 Å². The number of aryl methyl sites for hydroxylation is 1. The molecule has 1 aromatic heterocycles. The lowest BCUT2D eigenvalue weighted by molar-refractivity contribution is -0.148. The predicted octanol–water partition coefficient (Wildman–Crippen LogP) is 3.36. The number of carbonyl (C=O) groups excluding carboxylic acids is 1. The van der Waals surface area contributed by atoms with E-state index in [0.717, 1.165) is 6.21 Å². The number of nitrogens with zero attached hydrogens (tertiary/aromatic N) is 1. The number of allylic oxidation sites excluding steroid dienone is 2. The van der Waals surface area contributed by atoms with Crippen LogP contribution in [0.3, 0.4) is 0 Å². The Balaban J connectivity index is 2.37. The van der Waals surface area contributed by atoms with Gasteiger partial charge in [0.1, 0.15) is 5.70 Å². The number of pyridine rings is 1. The third kappa shape index (κ3) is 3.97. The van der Waals surface area contributed by atoms with Gasteiger partial charge in [0.15, 0.2) is 0 Å². The highest BCUT2D eigenvalue weighted by Gasteiger charge is 2.37. The van der Waals surface area contributed by atoms with Crippen molar-refractivity contribution in [2.24, 2.45) is 11.7 Å². The van der Waals surface area contributed by atoms with Gasteiger partial charge in [0.05, 0.1) is 23.7 Å². The molecule has 164 valence electrons. The highest BCUT2D eigenvalue weighted by atomic mass is 19.4. The molecule has 0 amide bonds. The number of hydrogen-bond donors (Lipinski definition) is 4. The number of hydrogen-bond acceptors (Lipinski definition) is 7. The number of alkyl halides is 3. The number of aromatic nitrogens is 1. The molecule has 1 aliphatic carbocycles. The summed E-state index contributed by atoms with van der Waals surface area (Å²) < 4.78 is 45.2. The van der Waals surface area contributed by atoms with Crippen LogP contribution in [0.5, 0.6) is 0 Å². The standard InChI is InChI=1S/C21H22F3N5O2/c1-2-31-20(30)10-3-4-11-12(7-10)18(14(9-26)19(28)21(22,23)24)29-16-6-5-15(27)13(8-25)17(11)16/h5-6,8-10,25-26H,2-4,7,27-28H2,1H3. The van der Waals surface area contributed by atoms with Crippen LogP contribution in [0.4, 0.5) is 18.9 Å². The number of halogens is 3. The molecule has 0 fully saturated rings. The number of carbonyl (C=O) groups is 1. The summed E-state index contributed by atoms with van der Waals surface area (Å²) in [5, 5.41) is 15.9. The number of rotatable bonds is 5. The molecule has 10 heteroatoms. The van der Waals surface area contributed by atoms with Crippen molar-refractivity contribution in [3.05, 3.63) is 40.2 Å². The number of nitrogens with one attached hydrogen (secondary N) is 2. The monoisotopic (exact) mass is 433 g/mol. The van der Waals surface area contributed by atoms with Crippen LogP contribution in [0, 0.1) is 16.7 Å². The van der Waals surface area contributed by atoms with Crippen molar-refractivity contribution in [1.82, 2.24) is 4.98 Å². The summed E-state index contributed by atoms with van der Waals surface area (Å²) >= 11 is 0.